The van der Waals surface area contributed by atoms with Gasteiger partial charge in [0.1, 0.15) is 16.4 Å². The van der Waals surface area contributed by atoms with E-state index in [-0.39, 0.29) is 27.9 Å². The van der Waals surface area contributed by atoms with Gasteiger partial charge in [-0.15, -0.1) is 0 Å². The van der Waals surface area contributed by atoms with E-state index in [9.17, 15) is 13.2 Å². The smallest absolute Gasteiger partial charge is 0.339 e. The van der Waals surface area contributed by atoms with Gasteiger partial charge in [-0.05, 0) is 48.4 Å². The van der Waals surface area contributed by atoms with Crippen LogP contribution in [-0.4, -0.2) is 14.2 Å². The van der Waals surface area contributed by atoms with Gasteiger partial charge >= 0.3 is 10.1 Å². The molecule has 1 aliphatic rings. The van der Waals surface area contributed by atoms with Crippen LogP contribution in [0.5, 0.6) is 11.5 Å². The molecular formula is C22H16O5S. The fourth-order valence-electron chi connectivity index (χ4n) is 2.87. The van der Waals surface area contributed by atoms with Crippen molar-refractivity contribution in [3.63, 3.8) is 0 Å². The lowest BCUT2D eigenvalue weighted by molar-refractivity contribution is 0.101. The SMILES string of the molecule is Cc1ccccc1C=C1Oc2cc(OS(=O)(=O)c3ccccc3)ccc2C1=O. The number of hydrogen-bond acceptors (Lipinski definition) is 5. The minimum atomic E-state index is -3.97. The van der Waals surface area contributed by atoms with Crippen LogP contribution in [0.4, 0.5) is 0 Å². The number of fused-ring (bicyclic) bond motifs is 1. The average molecular weight is 392 g/mol. The van der Waals surface area contributed by atoms with Crippen LogP contribution in [0.3, 0.4) is 0 Å². The van der Waals surface area contributed by atoms with Crippen molar-refractivity contribution in [2.45, 2.75) is 11.8 Å². The molecule has 0 aromatic heterocycles. The fourth-order valence-corrected chi connectivity index (χ4v) is 3.81. The molecular weight excluding hydrogens is 376 g/mol. The maximum atomic E-state index is 12.6. The van der Waals surface area contributed by atoms with Crippen LogP contribution in [0.15, 0.2) is 83.5 Å². The second-order valence-corrected chi connectivity index (χ2v) is 7.85. The van der Waals surface area contributed by atoms with Gasteiger partial charge in [0.05, 0.1) is 5.56 Å². The van der Waals surface area contributed by atoms with Gasteiger partial charge in [0.25, 0.3) is 0 Å². The van der Waals surface area contributed by atoms with Gasteiger partial charge < -0.3 is 8.92 Å². The third-order valence-corrected chi connectivity index (χ3v) is 5.62. The second-order valence-electron chi connectivity index (χ2n) is 6.30. The number of Topliss-reactive ketones (excluding diaryl/α,β-unsaturated/α-hetero) is 1. The topological polar surface area (TPSA) is 69.7 Å². The highest BCUT2D eigenvalue weighted by Gasteiger charge is 2.28. The Hall–Kier alpha value is -3.38. The van der Waals surface area contributed by atoms with E-state index in [1.54, 1.807) is 24.3 Å². The van der Waals surface area contributed by atoms with E-state index in [0.29, 0.717) is 5.56 Å². The second kappa shape index (κ2) is 6.98. The summed E-state index contributed by atoms with van der Waals surface area (Å²) in [6.07, 6.45) is 1.68. The summed E-state index contributed by atoms with van der Waals surface area (Å²) in [5.41, 5.74) is 2.26. The van der Waals surface area contributed by atoms with Gasteiger partial charge in [0.15, 0.2) is 5.76 Å². The van der Waals surface area contributed by atoms with Crippen molar-refractivity contribution in [1.82, 2.24) is 0 Å². The molecule has 5 nitrogen and oxygen atoms in total. The van der Waals surface area contributed by atoms with Crippen molar-refractivity contribution in [1.29, 1.82) is 0 Å². The number of ketones is 1. The van der Waals surface area contributed by atoms with E-state index in [0.717, 1.165) is 11.1 Å². The number of rotatable bonds is 4. The zero-order valence-electron chi connectivity index (χ0n) is 15.0. The maximum Gasteiger partial charge on any atom is 0.339 e. The fraction of sp³-hybridized carbons (Fsp3) is 0.0455. The summed E-state index contributed by atoms with van der Waals surface area (Å²) in [6, 6.07) is 19.8. The lowest BCUT2D eigenvalue weighted by atomic mass is 10.1. The number of aryl methyl sites for hydroxylation is 1. The molecule has 0 atom stereocenters. The summed E-state index contributed by atoms with van der Waals surface area (Å²) in [6.45, 7) is 1.94. The standard InChI is InChI=1S/C22H16O5S/c1-15-7-5-6-8-16(15)13-21-22(23)19-12-11-17(14-20(19)26-21)27-28(24,25)18-9-3-2-4-10-18/h2-14H,1H3. The van der Waals surface area contributed by atoms with Crippen molar-refractivity contribution < 1.29 is 22.1 Å². The zero-order chi connectivity index (χ0) is 19.7. The lowest BCUT2D eigenvalue weighted by Gasteiger charge is -2.07. The highest BCUT2D eigenvalue weighted by Crippen LogP contribution is 2.35. The van der Waals surface area contributed by atoms with Gasteiger partial charge in [-0.2, -0.15) is 8.42 Å². The molecule has 0 radical (unpaired) electrons. The number of carbonyl (C=O) groups excluding carboxylic acids is 1. The highest BCUT2D eigenvalue weighted by molar-refractivity contribution is 7.87. The molecule has 0 bridgehead atoms. The molecule has 140 valence electrons. The van der Waals surface area contributed by atoms with Crippen molar-refractivity contribution in [2.24, 2.45) is 0 Å². The zero-order valence-corrected chi connectivity index (χ0v) is 15.8. The predicted octanol–water partition coefficient (Wildman–Crippen LogP) is 4.38. The Kier molecular flexibility index (Phi) is 4.49. The van der Waals surface area contributed by atoms with Crippen molar-refractivity contribution >= 4 is 22.0 Å². The summed E-state index contributed by atoms with van der Waals surface area (Å²) in [5.74, 6) is 0.279. The molecule has 0 aliphatic carbocycles. The third kappa shape index (κ3) is 3.42. The summed E-state index contributed by atoms with van der Waals surface area (Å²) in [5, 5.41) is 0. The molecule has 1 heterocycles. The molecule has 0 saturated heterocycles. The first-order valence-electron chi connectivity index (χ1n) is 8.57. The predicted molar refractivity (Wildman–Crippen MR) is 105 cm³/mol. The third-order valence-electron chi connectivity index (χ3n) is 4.35. The molecule has 4 rings (SSSR count). The number of benzene rings is 3. The number of carbonyl (C=O) groups is 1. The van der Waals surface area contributed by atoms with Crippen LogP contribution in [0.1, 0.15) is 21.5 Å². The molecule has 0 N–H and O–H groups in total. The van der Waals surface area contributed by atoms with Crippen LogP contribution in [-0.2, 0) is 10.1 Å². The molecule has 6 heteroatoms. The number of allylic oxidation sites excluding steroid dienone is 1. The molecule has 3 aromatic carbocycles. The first kappa shape index (κ1) is 18.0. The first-order chi connectivity index (χ1) is 13.4. The van der Waals surface area contributed by atoms with Crippen LogP contribution in [0.2, 0.25) is 0 Å². The molecule has 0 saturated carbocycles. The van der Waals surface area contributed by atoms with Gasteiger partial charge in [0, 0.05) is 6.07 Å². The monoisotopic (exact) mass is 392 g/mol. The Labute approximate surface area is 163 Å². The Balaban J connectivity index is 1.62. The summed E-state index contributed by atoms with van der Waals surface area (Å²) < 4.78 is 35.6. The molecule has 0 amide bonds. The van der Waals surface area contributed by atoms with Crippen molar-refractivity contribution in [2.75, 3.05) is 0 Å². The molecule has 28 heavy (non-hydrogen) atoms. The van der Waals surface area contributed by atoms with Crippen LogP contribution >= 0.6 is 0 Å². The average Bonchev–Trinajstić information content (AvgIpc) is 2.99. The van der Waals surface area contributed by atoms with Crippen LogP contribution in [0.25, 0.3) is 6.08 Å². The molecule has 1 aliphatic heterocycles. The summed E-state index contributed by atoms with van der Waals surface area (Å²) in [4.78, 5) is 12.6. The van der Waals surface area contributed by atoms with Gasteiger partial charge in [-0.3, -0.25) is 4.79 Å². The van der Waals surface area contributed by atoms with E-state index < -0.39 is 10.1 Å². The van der Waals surface area contributed by atoms with Crippen LogP contribution < -0.4 is 8.92 Å². The number of hydrogen-bond donors (Lipinski definition) is 0. The number of ether oxygens (including phenoxy) is 1. The normalized spacial score (nSPS) is 14.6. The molecule has 0 spiro atoms. The molecule has 3 aromatic rings. The van der Waals surface area contributed by atoms with Gasteiger partial charge in [-0.25, -0.2) is 0 Å². The molecule has 0 unspecified atom stereocenters. The van der Waals surface area contributed by atoms with Crippen LogP contribution in [0, 0.1) is 6.92 Å². The minimum Gasteiger partial charge on any atom is -0.452 e. The summed E-state index contributed by atoms with van der Waals surface area (Å²) in [7, 11) is -3.97. The largest absolute Gasteiger partial charge is 0.452 e. The molecule has 0 fully saturated rings. The van der Waals surface area contributed by atoms with E-state index >= 15 is 0 Å². The van der Waals surface area contributed by atoms with Crippen molar-refractivity contribution in [3.8, 4) is 11.5 Å². The van der Waals surface area contributed by atoms with Gasteiger partial charge in [-0.1, -0.05) is 42.5 Å². The minimum absolute atomic E-state index is 0.0487. The first-order valence-corrected chi connectivity index (χ1v) is 9.98. The maximum absolute atomic E-state index is 12.6. The van der Waals surface area contributed by atoms with Gasteiger partial charge in [0.2, 0.25) is 5.78 Å². The summed E-state index contributed by atoms with van der Waals surface area (Å²) >= 11 is 0. The highest BCUT2D eigenvalue weighted by atomic mass is 32.2. The Morgan fingerprint density at radius 1 is 0.929 bits per heavy atom. The Bertz CT molecular complexity index is 1190. The lowest BCUT2D eigenvalue weighted by Crippen LogP contribution is -2.09. The van der Waals surface area contributed by atoms with E-state index in [2.05, 4.69) is 0 Å². The van der Waals surface area contributed by atoms with Crippen molar-refractivity contribution in [3.05, 3.63) is 95.2 Å². The Morgan fingerprint density at radius 2 is 1.64 bits per heavy atom. The van der Waals surface area contributed by atoms with E-state index in [1.807, 2.05) is 31.2 Å². The van der Waals surface area contributed by atoms with E-state index in [1.165, 1.54) is 30.3 Å². The quantitative estimate of drug-likeness (QED) is 0.487. The van der Waals surface area contributed by atoms with E-state index in [4.69, 9.17) is 8.92 Å². The Morgan fingerprint density at radius 3 is 2.39 bits per heavy atom.